The zero-order valence-corrected chi connectivity index (χ0v) is 27.2. The Bertz CT molecular complexity index is 1840. The van der Waals surface area contributed by atoms with Crippen LogP contribution in [0.15, 0.2) is 58.1 Å². The van der Waals surface area contributed by atoms with Crippen LogP contribution < -0.4 is 14.5 Å². The van der Waals surface area contributed by atoms with Gasteiger partial charge in [-0.1, -0.05) is 64.6 Å². The second kappa shape index (κ2) is 11.3. The molecule has 0 bridgehead atoms. The van der Waals surface area contributed by atoms with Gasteiger partial charge in [0.1, 0.15) is 17.9 Å². The minimum atomic E-state index is -4.16. The van der Waals surface area contributed by atoms with E-state index in [4.69, 9.17) is 46.4 Å². The number of sulfonamides is 1. The molecule has 2 aromatic carbocycles. The molecule has 13 heteroatoms. The van der Waals surface area contributed by atoms with Crippen LogP contribution in [0.3, 0.4) is 0 Å². The van der Waals surface area contributed by atoms with Crippen molar-refractivity contribution in [2.75, 3.05) is 42.4 Å². The summed E-state index contributed by atoms with van der Waals surface area (Å²) in [6.07, 6.45) is 0. The maximum Gasteiger partial charge on any atom is 0.265 e. The lowest BCUT2D eigenvalue weighted by molar-refractivity contribution is 0.590. The number of piperazine rings is 1. The average molecular weight is 690 g/mol. The van der Waals surface area contributed by atoms with Gasteiger partial charge in [-0.15, -0.1) is 34.0 Å². The first-order chi connectivity index (χ1) is 19.2. The highest BCUT2D eigenvalue weighted by Gasteiger charge is 2.33. The molecule has 6 rings (SSSR count). The van der Waals surface area contributed by atoms with Gasteiger partial charge in [0, 0.05) is 66.4 Å². The number of thiophene rings is 3. The summed E-state index contributed by atoms with van der Waals surface area (Å²) >= 11 is 29.9. The maximum atomic E-state index is 14.6. The Labute approximate surface area is 264 Å². The lowest BCUT2D eigenvalue weighted by Crippen LogP contribution is -2.43. The van der Waals surface area contributed by atoms with Crippen molar-refractivity contribution in [3.8, 4) is 22.3 Å². The van der Waals surface area contributed by atoms with E-state index < -0.39 is 10.0 Å². The van der Waals surface area contributed by atoms with Crippen LogP contribution in [0.2, 0.25) is 17.3 Å². The molecule has 0 radical (unpaired) electrons. The van der Waals surface area contributed by atoms with Crippen molar-refractivity contribution in [3.63, 3.8) is 0 Å². The molecular formula is C27H21Cl4N3O2S4. The lowest BCUT2D eigenvalue weighted by Gasteiger charge is -2.32. The highest BCUT2D eigenvalue weighted by Crippen LogP contribution is 2.49. The largest absolute Gasteiger partial charge is 0.368 e. The summed E-state index contributed by atoms with van der Waals surface area (Å²) in [4.78, 5) is 2.44. The number of hydrogen-bond donors (Lipinski definition) is 1. The third-order valence-electron chi connectivity index (χ3n) is 6.96. The Balaban J connectivity index is 1.74. The zero-order valence-electron chi connectivity index (χ0n) is 20.9. The molecule has 1 aliphatic rings. The van der Waals surface area contributed by atoms with Gasteiger partial charge in [0.15, 0.2) is 0 Å². The van der Waals surface area contributed by atoms with E-state index in [0.717, 1.165) is 59.7 Å². The van der Waals surface area contributed by atoms with Gasteiger partial charge in [-0.3, -0.25) is 4.31 Å². The molecule has 0 aliphatic carbocycles. The molecule has 5 aromatic rings. The van der Waals surface area contributed by atoms with Crippen molar-refractivity contribution < 1.29 is 8.42 Å². The smallest absolute Gasteiger partial charge is 0.265 e. The summed E-state index contributed by atoms with van der Waals surface area (Å²) in [6.45, 7) is 3.18. The molecular weight excluding hydrogens is 668 g/mol. The molecule has 0 saturated carbocycles. The topological polar surface area (TPSA) is 52.7 Å². The van der Waals surface area contributed by atoms with Crippen molar-refractivity contribution >= 4 is 113 Å². The molecule has 4 heterocycles. The van der Waals surface area contributed by atoms with E-state index in [1.165, 1.54) is 34.0 Å². The first-order valence-electron chi connectivity index (χ1n) is 12.1. The Morgan fingerprint density at radius 1 is 0.850 bits per heavy atom. The van der Waals surface area contributed by atoms with Gasteiger partial charge in [0.05, 0.1) is 10.0 Å². The van der Waals surface area contributed by atoms with Crippen LogP contribution in [0.4, 0.5) is 11.4 Å². The summed E-state index contributed by atoms with van der Waals surface area (Å²) in [5, 5.41) is 8.61. The van der Waals surface area contributed by atoms with Crippen molar-refractivity contribution in [2.24, 2.45) is 0 Å². The van der Waals surface area contributed by atoms with Gasteiger partial charge in [-0.05, 0) is 40.6 Å². The van der Waals surface area contributed by atoms with Crippen molar-refractivity contribution in [1.29, 1.82) is 0 Å². The van der Waals surface area contributed by atoms with Gasteiger partial charge in [0.25, 0.3) is 10.0 Å². The molecule has 5 nitrogen and oxygen atoms in total. The number of benzene rings is 2. The van der Waals surface area contributed by atoms with Crippen LogP contribution in [-0.4, -0.2) is 41.6 Å². The molecule has 0 amide bonds. The summed E-state index contributed by atoms with van der Waals surface area (Å²) in [5.74, 6) is 0. The fourth-order valence-electron chi connectivity index (χ4n) is 5.08. The van der Waals surface area contributed by atoms with E-state index in [-0.39, 0.29) is 4.90 Å². The molecule has 0 atom stereocenters. The van der Waals surface area contributed by atoms with Crippen LogP contribution in [0.1, 0.15) is 0 Å². The highest BCUT2D eigenvalue weighted by molar-refractivity contribution is 7.93. The number of nitrogens with zero attached hydrogens (tertiary/aromatic N) is 2. The molecule has 3 aromatic heterocycles. The van der Waals surface area contributed by atoms with Crippen LogP contribution in [0.25, 0.3) is 33.0 Å². The number of halogens is 4. The minimum Gasteiger partial charge on any atom is -0.368 e. The van der Waals surface area contributed by atoms with E-state index >= 15 is 0 Å². The third-order valence-corrected chi connectivity index (χ3v) is 12.6. The Morgan fingerprint density at radius 3 is 2.08 bits per heavy atom. The molecule has 1 N–H and O–H groups in total. The van der Waals surface area contributed by atoms with Crippen LogP contribution in [0, 0.1) is 0 Å². The Hall–Kier alpha value is -1.53. The SMILES string of the molecule is CN(c1cc(Cl)sc1Cl)S(=O)(=O)c1c(-c2ccsc2Cl)cc(N2CCNCC2)c2c(-c3ccsc3Cl)cccc12. The van der Waals surface area contributed by atoms with Gasteiger partial charge >= 0.3 is 0 Å². The van der Waals surface area contributed by atoms with Gasteiger partial charge in [-0.25, -0.2) is 8.42 Å². The summed E-state index contributed by atoms with van der Waals surface area (Å²) in [7, 11) is -2.67. The lowest BCUT2D eigenvalue weighted by atomic mass is 9.94. The monoisotopic (exact) mass is 687 g/mol. The molecule has 1 fully saturated rings. The summed E-state index contributed by atoms with van der Waals surface area (Å²) < 4.78 is 32.3. The number of hydrogen-bond acceptors (Lipinski definition) is 7. The van der Waals surface area contributed by atoms with Gasteiger partial charge < -0.3 is 10.2 Å². The fraction of sp³-hybridized carbons (Fsp3) is 0.185. The quantitative estimate of drug-likeness (QED) is 0.193. The molecule has 1 saturated heterocycles. The van der Waals surface area contributed by atoms with Crippen molar-refractivity contribution in [2.45, 2.75) is 4.90 Å². The highest BCUT2D eigenvalue weighted by atomic mass is 35.5. The molecule has 40 heavy (non-hydrogen) atoms. The molecule has 208 valence electrons. The van der Waals surface area contributed by atoms with Crippen molar-refractivity contribution in [1.82, 2.24) is 5.32 Å². The first kappa shape index (κ1) is 28.6. The zero-order chi connectivity index (χ0) is 28.2. The fourth-order valence-corrected chi connectivity index (χ4v) is 10.2. The van der Waals surface area contributed by atoms with E-state index in [1.807, 2.05) is 47.2 Å². The first-order valence-corrected chi connectivity index (χ1v) is 17.7. The molecule has 0 unspecified atom stereocenters. The van der Waals surface area contributed by atoms with Crippen LogP contribution >= 0.6 is 80.4 Å². The summed E-state index contributed by atoms with van der Waals surface area (Å²) in [6, 6.07) is 13.1. The predicted octanol–water partition coefficient (Wildman–Crippen LogP) is 9.21. The Morgan fingerprint density at radius 2 is 1.50 bits per heavy atom. The predicted molar refractivity (Wildman–Crippen MR) is 176 cm³/mol. The van der Waals surface area contributed by atoms with E-state index in [2.05, 4.69) is 10.2 Å². The maximum absolute atomic E-state index is 14.6. The summed E-state index contributed by atoms with van der Waals surface area (Å²) in [5.41, 5.74) is 4.17. The minimum absolute atomic E-state index is 0.149. The number of fused-ring (bicyclic) bond motifs is 1. The standard InChI is InChI=1S/C27H21Cl4N3O2S4/c1-33(21-14-22(28)39-27(21)31)40(35,36)24-18-4-2-3-15(16-5-11-37-25(16)29)23(18)20(34-9-7-32-8-10-34)13-19(24)17-6-12-38-26(17)30/h2-6,11-14,32H,7-10H2,1H3. The van der Waals surface area contributed by atoms with Gasteiger partial charge in [-0.2, -0.15) is 0 Å². The molecule has 1 aliphatic heterocycles. The van der Waals surface area contributed by atoms with E-state index in [0.29, 0.717) is 39.5 Å². The van der Waals surface area contributed by atoms with E-state index in [9.17, 15) is 8.42 Å². The number of nitrogens with one attached hydrogen (secondary N) is 1. The van der Waals surface area contributed by atoms with Crippen LogP contribution in [-0.2, 0) is 10.0 Å². The number of rotatable bonds is 6. The molecule has 0 spiro atoms. The second-order valence-electron chi connectivity index (χ2n) is 9.14. The normalized spacial score (nSPS) is 14.3. The van der Waals surface area contributed by atoms with E-state index in [1.54, 1.807) is 6.07 Å². The Kier molecular flexibility index (Phi) is 8.06. The van der Waals surface area contributed by atoms with Crippen molar-refractivity contribution in [3.05, 3.63) is 70.6 Å². The second-order valence-corrected chi connectivity index (χ2v) is 16.4. The van der Waals surface area contributed by atoms with Crippen LogP contribution in [0.5, 0.6) is 0 Å². The third kappa shape index (κ3) is 4.93. The number of anilines is 2. The average Bonchev–Trinajstić information content (AvgIpc) is 3.66. The van der Waals surface area contributed by atoms with Gasteiger partial charge in [0.2, 0.25) is 0 Å².